The van der Waals surface area contributed by atoms with E-state index in [2.05, 4.69) is 5.32 Å². The number of amides is 1. The molecular weight excluding hydrogens is 289 g/mol. The summed E-state index contributed by atoms with van der Waals surface area (Å²) in [4.78, 5) is 22.8. The fourth-order valence-electron chi connectivity index (χ4n) is 1.38. The first-order valence-electron chi connectivity index (χ1n) is 5.77. The molecule has 0 aromatic heterocycles. The van der Waals surface area contributed by atoms with E-state index in [1.165, 1.54) is 0 Å². The lowest BCUT2D eigenvalue weighted by Crippen LogP contribution is -2.34. The first-order valence-corrected chi connectivity index (χ1v) is 6.53. The summed E-state index contributed by atoms with van der Waals surface area (Å²) in [7, 11) is 0. The number of hydrogen-bond acceptors (Lipinski definition) is 3. The molecule has 0 spiro atoms. The number of ether oxygens (including phenoxy) is 1. The van der Waals surface area contributed by atoms with Crippen molar-refractivity contribution >= 4 is 35.1 Å². The minimum Gasteiger partial charge on any atom is -0.455 e. The second-order valence-electron chi connectivity index (χ2n) is 4.30. The van der Waals surface area contributed by atoms with E-state index in [1.54, 1.807) is 18.2 Å². The van der Waals surface area contributed by atoms with Crippen LogP contribution in [0.4, 0.5) is 0 Å². The first kappa shape index (κ1) is 15.8. The van der Waals surface area contributed by atoms with Gasteiger partial charge in [-0.25, -0.2) is 0 Å². The molecule has 19 heavy (non-hydrogen) atoms. The van der Waals surface area contributed by atoms with Crippen molar-refractivity contribution in [3.63, 3.8) is 0 Å². The van der Waals surface area contributed by atoms with Gasteiger partial charge in [-0.3, -0.25) is 9.59 Å². The molecule has 1 aromatic carbocycles. The molecule has 0 aliphatic rings. The fourth-order valence-corrected chi connectivity index (χ4v) is 1.86. The van der Waals surface area contributed by atoms with Gasteiger partial charge in [0, 0.05) is 16.1 Å². The van der Waals surface area contributed by atoms with Gasteiger partial charge in [0.2, 0.25) is 0 Å². The lowest BCUT2D eigenvalue weighted by Gasteiger charge is -2.09. The van der Waals surface area contributed by atoms with E-state index in [9.17, 15) is 9.59 Å². The summed E-state index contributed by atoms with van der Waals surface area (Å²) < 4.78 is 4.85. The van der Waals surface area contributed by atoms with Crippen molar-refractivity contribution in [1.29, 1.82) is 0 Å². The Bertz CT molecular complexity index is 475. The largest absolute Gasteiger partial charge is 0.455 e. The monoisotopic (exact) mass is 303 g/mol. The third-order valence-corrected chi connectivity index (χ3v) is 2.75. The molecule has 104 valence electrons. The molecule has 0 bridgehead atoms. The molecule has 0 radical (unpaired) electrons. The van der Waals surface area contributed by atoms with E-state index in [0.717, 1.165) is 0 Å². The number of carbonyl (C=O) groups is 2. The van der Waals surface area contributed by atoms with Crippen LogP contribution in [0.2, 0.25) is 10.0 Å². The molecule has 0 aliphatic carbocycles. The fraction of sp³-hybridized carbons (Fsp3) is 0.385. The third kappa shape index (κ3) is 5.94. The highest BCUT2D eigenvalue weighted by atomic mass is 35.5. The van der Waals surface area contributed by atoms with Crippen LogP contribution in [-0.4, -0.2) is 24.5 Å². The van der Waals surface area contributed by atoms with Gasteiger partial charge in [-0.1, -0.05) is 29.3 Å². The molecule has 0 heterocycles. The van der Waals surface area contributed by atoms with Crippen LogP contribution in [0.15, 0.2) is 18.2 Å². The highest BCUT2D eigenvalue weighted by Gasteiger charge is 2.11. The highest BCUT2D eigenvalue weighted by molar-refractivity contribution is 6.35. The van der Waals surface area contributed by atoms with Crippen LogP contribution in [-0.2, 0) is 20.7 Å². The molecule has 0 aliphatic heterocycles. The van der Waals surface area contributed by atoms with Crippen LogP contribution in [0.3, 0.4) is 0 Å². The summed E-state index contributed by atoms with van der Waals surface area (Å²) in [5.74, 6) is -0.839. The van der Waals surface area contributed by atoms with Crippen molar-refractivity contribution in [3.8, 4) is 0 Å². The second kappa shape index (κ2) is 7.36. The number of carbonyl (C=O) groups excluding carboxylic acids is 2. The topological polar surface area (TPSA) is 55.4 Å². The Kier molecular flexibility index (Phi) is 6.12. The zero-order chi connectivity index (χ0) is 14.4. The van der Waals surface area contributed by atoms with Crippen molar-refractivity contribution in [2.24, 2.45) is 0 Å². The zero-order valence-corrected chi connectivity index (χ0v) is 12.2. The quantitative estimate of drug-likeness (QED) is 0.851. The van der Waals surface area contributed by atoms with Gasteiger partial charge in [-0.05, 0) is 31.5 Å². The molecule has 0 atom stereocenters. The number of rotatable bonds is 5. The van der Waals surface area contributed by atoms with Gasteiger partial charge in [0.05, 0.1) is 6.42 Å². The van der Waals surface area contributed by atoms with E-state index in [4.69, 9.17) is 27.9 Å². The van der Waals surface area contributed by atoms with E-state index >= 15 is 0 Å². The molecule has 0 saturated heterocycles. The van der Waals surface area contributed by atoms with Crippen molar-refractivity contribution in [2.45, 2.75) is 26.3 Å². The van der Waals surface area contributed by atoms with Crippen LogP contribution < -0.4 is 5.32 Å². The van der Waals surface area contributed by atoms with Crippen LogP contribution in [0.25, 0.3) is 0 Å². The molecule has 1 rings (SSSR count). The Morgan fingerprint density at radius 1 is 1.32 bits per heavy atom. The summed E-state index contributed by atoms with van der Waals surface area (Å²) >= 11 is 11.7. The van der Waals surface area contributed by atoms with Crippen molar-refractivity contribution in [2.75, 3.05) is 6.61 Å². The minimum absolute atomic E-state index is 0.00492. The molecule has 1 aromatic rings. The maximum atomic E-state index is 11.5. The maximum Gasteiger partial charge on any atom is 0.310 e. The van der Waals surface area contributed by atoms with E-state index in [-0.39, 0.29) is 25.0 Å². The molecular formula is C13H15Cl2NO3. The molecule has 6 heteroatoms. The number of halogens is 2. The molecule has 0 unspecified atom stereocenters. The van der Waals surface area contributed by atoms with Gasteiger partial charge in [0.15, 0.2) is 6.61 Å². The summed E-state index contributed by atoms with van der Waals surface area (Å²) in [6.07, 6.45) is 0.00492. The van der Waals surface area contributed by atoms with E-state index in [0.29, 0.717) is 15.6 Å². The van der Waals surface area contributed by atoms with E-state index in [1.807, 2.05) is 13.8 Å². The average Bonchev–Trinajstić information content (AvgIpc) is 2.29. The Morgan fingerprint density at radius 3 is 2.58 bits per heavy atom. The maximum absolute atomic E-state index is 11.5. The van der Waals surface area contributed by atoms with E-state index < -0.39 is 5.97 Å². The van der Waals surface area contributed by atoms with Gasteiger partial charge >= 0.3 is 5.97 Å². The standard InChI is InChI=1S/C13H15Cl2NO3/c1-8(2)16-12(17)7-19-13(18)5-9-3-4-10(14)6-11(9)15/h3-4,6,8H,5,7H2,1-2H3,(H,16,17). The summed E-state index contributed by atoms with van der Waals surface area (Å²) in [5.41, 5.74) is 0.611. The predicted octanol–water partition coefficient (Wildman–Crippen LogP) is 2.60. The normalized spacial score (nSPS) is 10.4. The van der Waals surface area contributed by atoms with Gasteiger partial charge in [0.25, 0.3) is 5.91 Å². The van der Waals surface area contributed by atoms with Gasteiger partial charge < -0.3 is 10.1 Å². The van der Waals surface area contributed by atoms with Crippen LogP contribution in [0.1, 0.15) is 19.4 Å². The minimum atomic E-state index is -0.511. The summed E-state index contributed by atoms with van der Waals surface area (Å²) in [5, 5.41) is 3.52. The highest BCUT2D eigenvalue weighted by Crippen LogP contribution is 2.21. The Labute approximate surface area is 122 Å². The molecule has 0 fully saturated rings. The lowest BCUT2D eigenvalue weighted by atomic mass is 10.1. The molecule has 4 nitrogen and oxygen atoms in total. The SMILES string of the molecule is CC(C)NC(=O)COC(=O)Cc1ccc(Cl)cc1Cl. The summed E-state index contributed by atoms with van der Waals surface area (Å²) in [6, 6.07) is 4.86. The predicted molar refractivity (Wildman–Crippen MR) is 74.4 cm³/mol. The number of esters is 1. The Morgan fingerprint density at radius 2 is 2.00 bits per heavy atom. The van der Waals surface area contributed by atoms with Crippen molar-refractivity contribution in [3.05, 3.63) is 33.8 Å². The Balaban J connectivity index is 2.45. The van der Waals surface area contributed by atoms with Gasteiger partial charge in [0.1, 0.15) is 0 Å². The molecule has 0 saturated carbocycles. The van der Waals surface area contributed by atoms with Crippen molar-refractivity contribution in [1.82, 2.24) is 5.32 Å². The van der Waals surface area contributed by atoms with Crippen LogP contribution in [0.5, 0.6) is 0 Å². The number of nitrogens with one attached hydrogen (secondary N) is 1. The summed E-state index contributed by atoms with van der Waals surface area (Å²) in [6.45, 7) is 3.36. The third-order valence-electron chi connectivity index (χ3n) is 2.16. The second-order valence-corrected chi connectivity index (χ2v) is 5.14. The van der Waals surface area contributed by atoms with Crippen LogP contribution in [0, 0.1) is 0 Å². The van der Waals surface area contributed by atoms with Crippen LogP contribution >= 0.6 is 23.2 Å². The van der Waals surface area contributed by atoms with Crippen molar-refractivity contribution < 1.29 is 14.3 Å². The van der Waals surface area contributed by atoms with Gasteiger partial charge in [-0.15, -0.1) is 0 Å². The Hall–Kier alpha value is -1.26. The number of benzene rings is 1. The zero-order valence-electron chi connectivity index (χ0n) is 10.7. The number of hydrogen-bond donors (Lipinski definition) is 1. The lowest BCUT2D eigenvalue weighted by molar-refractivity contribution is -0.148. The molecule has 1 amide bonds. The molecule has 1 N–H and O–H groups in total. The van der Waals surface area contributed by atoms with Gasteiger partial charge in [-0.2, -0.15) is 0 Å². The smallest absolute Gasteiger partial charge is 0.310 e. The average molecular weight is 304 g/mol. The first-order chi connectivity index (χ1) is 8.88.